The van der Waals surface area contributed by atoms with Gasteiger partial charge >= 0.3 is 0 Å². The Morgan fingerprint density at radius 2 is 1.93 bits per heavy atom. The predicted octanol–water partition coefficient (Wildman–Crippen LogP) is 3.52. The van der Waals surface area contributed by atoms with Crippen molar-refractivity contribution in [2.24, 2.45) is 0 Å². The van der Waals surface area contributed by atoms with Crippen molar-refractivity contribution in [1.82, 2.24) is 0 Å². The molecule has 0 spiro atoms. The van der Waals surface area contributed by atoms with Crippen LogP contribution in [0.1, 0.15) is 47.5 Å². The first-order valence-corrected chi connectivity index (χ1v) is 5.45. The second kappa shape index (κ2) is 6.88. The lowest BCUT2D eigenvalue weighted by atomic mass is 10.1. The third-order valence-corrected chi connectivity index (χ3v) is 2.23. The van der Waals surface area contributed by atoms with Crippen molar-refractivity contribution in [1.29, 1.82) is 0 Å². The standard InChI is InChI=1S/C12H24O2/c1-6-9-13-11(3)8-10-14-12(4,5)7-2/h8H,6-7,9-10H2,1-5H3/b11-8+. The normalized spacial score (nSPS) is 13.1. The third kappa shape index (κ3) is 6.96. The van der Waals surface area contributed by atoms with Crippen molar-refractivity contribution in [3.8, 4) is 0 Å². The molecule has 0 heterocycles. The molecule has 0 aromatic carbocycles. The molecule has 2 heteroatoms. The van der Waals surface area contributed by atoms with E-state index in [1.165, 1.54) is 0 Å². The molecule has 0 radical (unpaired) electrons. The van der Waals surface area contributed by atoms with Crippen LogP contribution in [0.5, 0.6) is 0 Å². The van der Waals surface area contributed by atoms with Gasteiger partial charge in [-0.05, 0) is 39.7 Å². The van der Waals surface area contributed by atoms with Crippen molar-refractivity contribution < 1.29 is 9.47 Å². The molecule has 0 atom stereocenters. The van der Waals surface area contributed by atoms with Crippen LogP contribution in [0.4, 0.5) is 0 Å². The zero-order valence-corrected chi connectivity index (χ0v) is 10.2. The Bertz CT molecular complexity index is 171. The number of rotatable bonds is 7. The first-order valence-electron chi connectivity index (χ1n) is 5.45. The average Bonchev–Trinajstić information content (AvgIpc) is 2.14. The van der Waals surface area contributed by atoms with Crippen LogP contribution in [0.15, 0.2) is 11.8 Å². The van der Waals surface area contributed by atoms with Gasteiger partial charge in [0, 0.05) is 0 Å². The summed E-state index contributed by atoms with van der Waals surface area (Å²) in [6, 6.07) is 0. The Hall–Kier alpha value is -0.500. The van der Waals surface area contributed by atoms with Gasteiger partial charge in [0.1, 0.15) is 0 Å². The summed E-state index contributed by atoms with van der Waals surface area (Å²) in [5.74, 6) is 0.957. The van der Waals surface area contributed by atoms with E-state index >= 15 is 0 Å². The van der Waals surface area contributed by atoms with E-state index in [-0.39, 0.29) is 5.60 Å². The number of ether oxygens (including phenoxy) is 2. The molecular weight excluding hydrogens is 176 g/mol. The Morgan fingerprint density at radius 3 is 2.43 bits per heavy atom. The molecule has 0 rings (SSSR count). The maximum atomic E-state index is 5.67. The van der Waals surface area contributed by atoms with Gasteiger partial charge in [0.05, 0.1) is 24.6 Å². The highest BCUT2D eigenvalue weighted by atomic mass is 16.5. The first-order chi connectivity index (χ1) is 6.52. The molecule has 0 unspecified atom stereocenters. The van der Waals surface area contributed by atoms with Gasteiger partial charge in [0.25, 0.3) is 0 Å². The summed E-state index contributed by atoms with van der Waals surface area (Å²) in [4.78, 5) is 0. The minimum absolute atomic E-state index is 0.0263. The molecule has 0 saturated heterocycles. The van der Waals surface area contributed by atoms with Crippen molar-refractivity contribution in [2.75, 3.05) is 13.2 Å². The fourth-order valence-corrected chi connectivity index (χ4v) is 0.809. The molecule has 0 aromatic rings. The molecule has 84 valence electrons. The van der Waals surface area contributed by atoms with Gasteiger partial charge in [-0.2, -0.15) is 0 Å². The summed E-state index contributed by atoms with van der Waals surface area (Å²) in [7, 11) is 0. The maximum Gasteiger partial charge on any atom is 0.0911 e. The van der Waals surface area contributed by atoms with E-state index in [2.05, 4.69) is 27.7 Å². The monoisotopic (exact) mass is 200 g/mol. The molecule has 0 aromatic heterocycles. The van der Waals surface area contributed by atoms with Crippen LogP contribution in [0.2, 0.25) is 0 Å². The molecule has 0 saturated carbocycles. The lowest BCUT2D eigenvalue weighted by Crippen LogP contribution is -2.23. The molecule has 14 heavy (non-hydrogen) atoms. The summed E-state index contributed by atoms with van der Waals surface area (Å²) in [6.07, 6.45) is 4.06. The van der Waals surface area contributed by atoms with Gasteiger partial charge in [-0.15, -0.1) is 0 Å². The minimum Gasteiger partial charge on any atom is -0.498 e. The zero-order chi connectivity index (χ0) is 11.0. The quantitative estimate of drug-likeness (QED) is 0.585. The molecule has 0 aliphatic carbocycles. The Balaban J connectivity index is 3.69. The lowest BCUT2D eigenvalue weighted by molar-refractivity contribution is -0.00470. The van der Waals surface area contributed by atoms with Crippen LogP contribution >= 0.6 is 0 Å². The van der Waals surface area contributed by atoms with Crippen molar-refractivity contribution in [3.63, 3.8) is 0 Å². The average molecular weight is 200 g/mol. The van der Waals surface area contributed by atoms with Gasteiger partial charge in [-0.3, -0.25) is 0 Å². The van der Waals surface area contributed by atoms with Gasteiger partial charge < -0.3 is 9.47 Å². The second-order valence-electron chi connectivity index (χ2n) is 4.09. The fourth-order valence-electron chi connectivity index (χ4n) is 0.809. The fraction of sp³-hybridized carbons (Fsp3) is 0.833. The molecule has 0 aliphatic heterocycles. The Kier molecular flexibility index (Phi) is 6.64. The molecule has 0 aliphatic rings. The summed E-state index contributed by atoms with van der Waals surface area (Å²) in [6.45, 7) is 11.8. The summed E-state index contributed by atoms with van der Waals surface area (Å²) in [5, 5.41) is 0. The summed E-state index contributed by atoms with van der Waals surface area (Å²) in [5.41, 5.74) is -0.0263. The van der Waals surface area contributed by atoms with Gasteiger partial charge in [0.15, 0.2) is 0 Å². The molecule has 0 amide bonds. The van der Waals surface area contributed by atoms with E-state index in [1.807, 2.05) is 13.0 Å². The van der Waals surface area contributed by atoms with E-state index in [4.69, 9.17) is 9.47 Å². The molecule has 2 nitrogen and oxygen atoms in total. The van der Waals surface area contributed by atoms with E-state index < -0.39 is 0 Å². The first kappa shape index (κ1) is 13.5. The Morgan fingerprint density at radius 1 is 1.29 bits per heavy atom. The summed E-state index contributed by atoms with van der Waals surface area (Å²) >= 11 is 0. The van der Waals surface area contributed by atoms with E-state index in [9.17, 15) is 0 Å². The third-order valence-electron chi connectivity index (χ3n) is 2.23. The van der Waals surface area contributed by atoms with E-state index in [0.29, 0.717) is 6.61 Å². The Labute approximate surface area is 88.3 Å². The van der Waals surface area contributed by atoms with Crippen LogP contribution in [-0.4, -0.2) is 18.8 Å². The topological polar surface area (TPSA) is 18.5 Å². The zero-order valence-electron chi connectivity index (χ0n) is 10.2. The van der Waals surface area contributed by atoms with Crippen molar-refractivity contribution in [3.05, 3.63) is 11.8 Å². The minimum atomic E-state index is -0.0263. The number of hydrogen-bond donors (Lipinski definition) is 0. The lowest BCUT2D eigenvalue weighted by Gasteiger charge is -2.22. The summed E-state index contributed by atoms with van der Waals surface area (Å²) < 4.78 is 11.1. The van der Waals surface area contributed by atoms with E-state index in [0.717, 1.165) is 25.2 Å². The van der Waals surface area contributed by atoms with Crippen LogP contribution in [0, 0.1) is 0 Å². The van der Waals surface area contributed by atoms with Crippen molar-refractivity contribution in [2.45, 2.75) is 53.1 Å². The largest absolute Gasteiger partial charge is 0.498 e. The molecule has 0 N–H and O–H groups in total. The smallest absolute Gasteiger partial charge is 0.0911 e. The van der Waals surface area contributed by atoms with Crippen LogP contribution in [0.3, 0.4) is 0 Å². The second-order valence-corrected chi connectivity index (χ2v) is 4.09. The number of allylic oxidation sites excluding steroid dienone is 1. The van der Waals surface area contributed by atoms with Crippen LogP contribution in [-0.2, 0) is 9.47 Å². The molecular formula is C12H24O2. The van der Waals surface area contributed by atoms with E-state index in [1.54, 1.807) is 0 Å². The number of hydrogen-bond acceptors (Lipinski definition) is 2. The highest BCUT2D eigenvalue weighted by molar-refractivity contribution is 4.89. The SMILES string of the molecule is CCCO/C(C)=C/COC(C)(C)CC. The molecule has 0 fully saturated rings. The van der Waals surface area contributed by atoms with Crippen LogP contribution in [0.25, 0.3) is 0 Å². The highest BCUT2D eigenvalue weighted by Crippen LogP contribution is 2.13. The maximum absolute atomic E-state index is 5.67. The van der Waals surface area contributed by atoms with Gasteiger partial charge in [0.2, 0.25) is 0 Å². The predicted molar refractivity (Wildman–Crippen MR) is 60.3 cm³/mol. The van der Waals surface area contributed by atoms with Gasteiger partial charge in [-0.1, -0.05) is 13.8 Å². The van der Waals surface area contributed by atoms with Crippen molar-refractivity contribution >= 4 is 0 Å². The van der Waals surface area contributed by atoms with Gasteiger partial charge in [-0.25, -0.2) is 0 Å². The van der Waals surface area contributed by atoms with Crippen LogP contribution < -0.4 is 0 Å². The highest BCUT2D eigenvalue weighted by Gasteiger charge is 2.13. The molecule has 0 bridgehead atoms.